The van der Waals surface area contributed by atoms with Gasteiger partial charge in [0.15, 0.2) is 0 Å². The molecule has 0 atom stereocenters. The Morgan fingerprint density at radius 2 is 2.12 bits per heavy atom. The first-order chi connectivity index (χ1) is 8.25. The van der Waals surface area contributed by atoms with Crippen LogP contribution in [0.1, 0.15) is 0 Å². The van der Waals surface area contributed by atoms with Crippen LogP contribution in [0.2, 0.25) is 0 Å². The molecular formula is C10H6FN5O. The summed E-state index contributed by atoms with van der Waals surface area (Å²) in [5.74, 6) is -0.504. The second-order valence-corrected chi connectivity index (χ2v) is 3.36. The van der Waals surface area contributed by atoms with Gasteiger partial charge in [0.1, 0.15) is 12.1 Å². The summed E-state index contributed by atoms with van der Waals surface area (Å²) in [6, 6.07) is 1.22. The van der Waals surface area contributed by atoms with Crippen molar-refractivity contribution in [2.45, 2.75) is 0 Å². The lowest BCUT2D eigenvalue weighted by molar-refractivity contribution is 0.619. The Morgan fingerprint density at radius 3 is 2.94 bits per heavy atom. The average Bonchev–Trinajstić information content (AvgIpc) is 2.78. The first-order valence-electron chi connectivity index (χ1n) is 4.77. The third-order valence-electron chi connectivity index (χ3n) is 2.31. The van der Waals surface area contributed by atoms with Gasteiger partial charge in [0.25, 0.3) is 5.56 Å². The Bertz CT molecular complexity index is 748. The van der Waals surface area contributed by atoms with Gasteiger partial charge in [-0.2, -0.15) is 5.10 Å². The number of nitrogens with zero attached hydrogens (tertiary/aromatic N) is 5. The highest BCUT2D eigenvalue weighted by Crippen LogP contribution is 2.05. The van der Waals surface area contributed by atoms with E-state index >= 15 is 0 Å². The zero-order valence-corrected chi connectivity index (χ0v) is 8.49. The molecule has 0 N–H and O–H groups in total. The Balaban J connectivity index is 2.31. The lowest BCUT2D eigenvalue weighted by Gasteiger charge is -2.04. The number of hydrogen-bond acceptors (Lipinski definition) is 4. The molecule has 0 aromatic carbocycles. The van der Waals surface area contributed by atoms with Crippen molar-refractivity contribution in [2.75, 3.05) is 0 Å². The minimum absolute atomic E-state index is 0.178. The summed E-state index contributed by atoms with van der Waals surface area (Å²) in [6.45, 7) is 0. The maximum absolute atomic E-state index is 13.0. The maximum Gasteiger partial charge on any atom is 0.300 e. The summed E-state index contributed by atoms with van der Waals surface area (Å²) < 4.78 is 15.6. The fourth-order valence-electron chi connectivity index (χ4n) is 1.55. The Morgan fingerprint density at radius 1 is 1.24 bits per heavy atom. The number of aromatic nitrogens is 5. The van der Waals surface area contributed by atoms with E-state index in [0.29, 0.717) is 5.69 Å². The summed E-state index contributed by atoms with van der Waals surface area (Å²) in [5.41, 5.74) is 0.148. The Kier molecular flexibility index (Phi) is 1.97. The summed E-state index contributed by atoms with van der Waals surface area (Å²) in [5, 5.41) is 3.83. The average molecular weight is 231 g/mol. The van der Waals surface area contributed by atoms with Crippen molar-refractivity contribution in [3.63, 3.8) is 0 Å². The number of rotatable bonds is 1. The highest BCUT2D eigenvalue weighted by molar-refractivity contribution is 5.38. The molecule has 0 radical (unpaired) electrons. The molecule has 0 saturated carbocycles. The van der Waals surface area contributed by atoms with Crippen LogP contribution in [0.4, 0.5) is 4.39 Å². The quantitative estimate of drug-likeness (QED) is 0.608. The third kappa shape index (κ3) is 1.48. The van der Waals surface area contributed by atoms with Crippen LogP contribution in [-0.4, -0.2) is 24.1 Å². The molecular weight excluding hydrogens is 225 g/mol. The number of fused-ring (bicyclic) bond motifs is 1. The van der Waals surface area contributed by atoms with Gasteiger partial charge >= 0.3 is 0 Å². The monoisotopic (exact) mass is 231 g/mol. The van der Waals surface area contributed by atoms with Gasteiger partial charge in [-0.1, -0.05) is 0 Å². The standard InChI is InChI=1S/C10H6FN5O/c11-7-3-8(5-12-4-7)15-1-2-16-9(10(15)17)13-6-14-16/h1-6H. The summed E-state index contributed by atoms with van der Waals surface area (Å²) in [6.07, 6.45) is 6.81. The molecule has 0 aliphatic carbocycles. The first-order valence-corrected chi connectivity index (χ1v) is 4.77. The van der Waals surface area contributed by atoms with E-state index in [1.54, 1.807) is 6.20 Å². The number of halogens is 1. The molecule has 3 heterocycles. The molecule has 0 saturated heterocycles. The van der Waals surface area contributed by atoms with E-state index in [2.05, 4.69) is 15.1 Å². The van der Waals surface area contributed by atoms with Gasteiger partial charge in [-0.3, -0.25) is 14.3 Å². The van der Waals surface area contributed by atoms with Crippen molar-refractivity contribution < 1.29 is 4.39 Å². The Hall–Kier alpha value is -2.57. The SMILES string of the molecule is O=c1c2ncnn2ccn1-c1cncc(F)c1. The van der Waals surface area contributed by atoms with Crippen LogP contribution in [0.5, 0.6) is 0 Å². The third-order valence-corrected chi connectivity index (χ3v) is 2.31. The fourth-order valence-corrected chi connectivity index (χ4v) is 1.55. The maximum atomic E-state index is 13.0. The number of pyridine rings is 1. The molecule has 0 unspecified atom stereocenters. The van der Waals surface area contributed by atoms with E-state index in [1.165, 1.54) is 33.9 Å². The van der Waals surface area contributed by atoms with Crippen LogP contribution in [0, 0.1) is 5.82 Å². The van der Waals surface area contributed by atoms with Gasteiger partial charge < -0.3 is 0 Å². The van der Waals surface area contributed by atoms with Crippen LogP contribution < -0.4 is 5.56 Å². The van der Waals surface area contributed by atoms with E-state index in [4.69, 9.17) is 0 Å². The van der Waals surface area contributed by atoms with Crippen LogP contribution in [0.3, 0.4) is 0 Å². The molecule has 17 heavy (non-hydrogen) atoms. The molecule has 3 rings (SSSR count). The van der Waals surface area contributed by atoms with Gasteiger partial charge in [0.2, 0.25) is 5.65 Å². The van der Waals surface area contributed by atoms with Crippen LogP contribution in [0.25, 0.3) is 11.3 Å². The predicted octanol–water partition coefficient (Wildman–Crippen LogP) is 0.414. The largest absolute Gasteiger partial charge is 0.300 e. The molecule has 0 spiro atoms. The predicted molar refractivity (Wildman–Crippen MR) is 56.3 cm³/mol. The van der Waals surface area contributed by atoms with Crippen LogP contribution >= 0.6 is 0 Å². The van der Waals surface area contributed by atoms with Crippen molar-refractivity contribution >= 4 is 5.65 Å². The molecule has 6 nitrogen and oxygen atoms in total. The van der Waals surface area contributed by atoms with E-state index < -0.39 is 5.82 Å². The summed E-state index contributed by atoms with van der Waals surface area (Å²) in [7, 11) is 0. The lowest BCUT2D eigenvalue weighted by atomic mass is 10.4. The van der Waals surface area contributed by atoms with Gasteiger partial charge in [0.05, 0.1) is 18.1 Å². The molecule has 3 aromatic heterocycles. The highest BCUT2D eigenvalue weighted by Gasteiger charge is 2.07. The molecule has 0 aliphatic heterocycles. The minimum Gasteiger partial charge on any atom is -0.278 e. The lowest BCUT2D eigenvalue weighted by Crippen LogP contribution is -2.20. The van der Waals surface area contributed by atoms with Crippen molar-refractivity contribution in [1.29, 1.82) is 0 Å². The van der Waals surface area contributed by atoms with Crippen molar-refractivity contribution in [3.05, 3.63) is 53.4 Å². The van der Waals surface area contributed by atoms with E-state index in [-0.39, 0.29) is 11.2 Å². The van der Waals surface area contributed by atoms with Crippen molar-refractivity contribution in [2.24, 2.45) is 0 Å². The fraction of sp³-hybridized carbons (Fsp3) is 0. The summed E-state index contributed by atoms with van der Waals surface area (Å²) in [4.78, 5) is 19.5. The first kappa shape index (κ1) is 9.64. The normalized spacial score (nSPS) is 10.9. The molecule has 0 amide bonds. The number of hydrogen-bond donors (Lipinski definition) is 0. The van der Waals surface area contributed by atoms with E-state index in [9.17, 15) is 9.18 Å². The van der Waals surface area contributed by atoms with Gasteiger partial charge in [-0.15, -0.1) is 0 Å². The molecule has 0 aliphatic rings. The second-order valence-electron chi connectivity index (χ2n) is 3.36. The van der Waals surface area contributed by atoms with E-state index in [0.717, 1.165) is 6.20 Å². The van der Waals surface area contributed by atoms with E-state index in [1.807, 2.05) is 0 Å². The topological polar surface area (TPSA) is 65.1 Å². The summed E-state index contributed by atoms with van der Waals surface area (Å²) >= 11 is 0. The van der Waals surface area contributed by atoms with Crippen molar-refractivity contribution in [1.82, 2.24) is 24.1 Å². The highest BCUT2D eigenvalue weighted by atomic mass is 19.1. The van der Waals surface area contributed by atoms with Gasteiger partial charge in [-0.05, 0) is 0 Å². The zero-order valence-electron chi connectivity index (χ0n) is 8.49. The zero-order chi connectivity index (χ0) is 11.8. The van der Waals surface area contributed by atoms with Crippen LogP contribution in [-0.2, 0) is 0 Å². The molecule has 0 fully saturated rings. The molecule has 0 bridgehead atoms. The van der Waals surface area contributed by atoms with Gasteiger partial charge in [-0.25, -0.2) is 13.9 Å². The molecule has 84 valence electrons. The smallest absolute Gasteiger partial charge is 0.278 e. The minimum atomic E-state index is -0.504. The molecule has 7 heteroatoms. The van der Waals surface area contributed by atoms with Crippen molar-refractivity contribution in [3.8, 4) is 5.69 Å². The van der Waals surface area contributed by atoms with Crippen LogP contribution in [0.15, 0.2) is 42.0 Å². The Labute approximate surface area is 94.0 Å². The second kappa shape index (κ2) is 3.48. The molecule has 3 aromatic rings. The van der Waals surface area contributed by atoms with Gasteiger partial charge in [0, 0.05) is 18.5 Å².